The van der Waals surface area contributed by atoms with Gasteiger partial charge < -0.3 is 19.5 Å². The van der Waals surface area contributed by atoms with Gasteiger partial charge in [0.1, 0.15) is 0 Å². The van der Waals surface area contributed by atoms with Gasteiger partial charge in [0, 0.05) is 49.5 Å². The SMILES string of the molecule is O=C([C@@H]1[C@@H](CO)[C@@H]2Cn3c(cccc3=O)[C@H]1N2C(=O)c1ccccc1)N1CCCCC1. The van der Waals surface area contributed by atoms with Crippen LogP contribution in [0.15, 0.2) is 53.3 Å². The highest BCUT2D eigenvalue weighted by molar-refractivity contribution is 5.96. The number of piperidine rings is 1. The largest absolute Gasteiger partial charge is 0.396 e. The summed E-state index contributed by atoms with van der Waals surface area (Å²) in [6, 6.07) is 13.1. The Morgan fingerprint density at radius 2 is 1.71 bits per heavy atom. The minimum absolute atomic E-state index is 0.0122. The lowest BCUT2D eigenvalue weighted by Crippen LogP contribution is -2.49. The number of carbonyl (C=O) groups is 2. The van der Waals surface area contributed by atoms with E-state index in [0.717, 1.165) is 19.3 Å². The lowest BCUT2D eigenvalue weighted by molar-refractivity contribution is -0.139. The molecule has 4 heterocycles. The van der Waals surface area contributed by atoms with Crippen molar-refractivity contribution < 1.29 is 14.7 Å². The molecule has 2 amide bonds. The molecular weight excluding hydrogens is 394 g/mol. The molecule has 7 nitrogen and oxygen atoms in total. The summed E-state index contributed by atoms with van der Waals surface area (Å²) < 4.78 is 1.68. The zero-order valence-electron chi connectivity index (χ0n) is 17.4. The van der Waals surface area contributed by atoms with Gasteiger partial charge in [-0.05, 0) is 37.5 Å². The van der Waals surface area contributed by atoms with Gasteiger partial charge in [0.25, 0.3) is 11.5 Å². The molecule has 2 fully saturated rings. The van der Waals surface area contributed by atoms with Crippen LogP contribution in [0.1, 0.15) is 41.4 Å². The van der Waals surface area contributed by atoms with Crippen LogP contribution in [0.25, 0.3) is 0 Å². The average Bonchev–Trinajstić information content (AvgIpc) is 3.06. The Kier molecular flexibility index (Phi) is 5.14. The molecule has 2 bridgehead atoms. The maximum absolute atomic E-state index is 13.7. The van der Waals surface area contributed by atoms with Crippen molar-refractivity contribution in [2.45, 2.75) is 37.9 Å². The van der Waals surface area contributed by atoms with E-state index in [-0.39, 0.29) is 24.0 Å². The molecule has 4 atom stereocenters. The first kappa shape index (κ1) is 20.0. The van der Waals surface area contributed by atoms with E-state index in [1.807, 2.05) is 29.2 Å². The standard InChI is InChI=1S/C24H27N3O4/c28-15-17-19-14-26-18(10-7-11-20(26)29)22(21(17)24(31)25-12-5-2-6-13-25)27(19)23(30)16-8-3-1-4-9-16/h1,3-4,7-11,17,19,21-22,28H,2,5-6,12-15H2/t17-,19-,21+,22+/m0/s1. The highest BCUT2D eigenvalue weighted by Crippen LogP contribution is 2.49. The van der Waals surface area contributed by atoms with Crippen molar-refractivity contribution >= 4 is 11.8 Å². The molecule has 1 N–H and O–H groups in total. The van der Waals surface area contributed by atoms with Crippen molar-refractivity contribution in [3.05, 3.63) is 70.1 Å². The van der Waals surface area contributed by atoms with E-state index in [0.29, 0.717) is 30.9 Å². The van der Waals surface area contributed by atoms with Crippen LogP contribution in [0.5, 0.6) is 0 Å². The number of hydrogen-bond donors (Lipinski definition) is 1. The van der Waals surface area contributed by atoms with Gasteiger partial charge >= 0.3 is 0 Å². The molecule has 162 valence electrons. The van der Waals surface area contributed by atoms with Crippen molar-refractivity contribution in [2.24, 2.45) is 11.8 Å². The minimum atomic E-state index is -0.563. The first-order valence-electron chi connectivity index (χ1n) is 11.1. The van der Waals surface area contributed by atoms with Crippen molar-refractivity contribution in [1.82, 2.24) is 14.4 Å². The Bertz CT molecular complexity index is 1040. The van der Waals surface area contributed by atoms with E-state index in [9.17, 15) is 19.5 Å². The van der Waals surface area contributed by atoms with Crippen molar-refractivity contribution in [3.8, 4) is 0 Å². The number of rotatable bonds is 3. The van der Waals surface area contributed by atoms with E-state index in [1.165, 1.54) is 6.07 Å². The number of hydrogen-bond acceptors (Lipinski definition) is 4. The summed E-state index contributed by atoms with van der Waals surface area (Å²) >= 11 is 0. The number of aliphatic hydroxyl groups is 1. The summed E-state index contributed by atoms with van der Waals surface area (Å²) in [5, 5.41) is 10.4. The highest BCUT2D eigenvalue weighted by Gasteiger charge is 2.58. The lowest BCUT2D eigenvalue weighted by atomic mass is 9.85. The van der Waals surface area contributed by atoms with Gasteiger partial charge in [0.15, 0.2) is 0 Å². The fourth-order valence-corrected chi connectivity index (χ4v) is 5.67. The zero-order chi connectivity index (χ0) is 21.5. The fraction of sp³-hybridized carbons (Fsp3) is 0.458. The van der Waals surface area contributed by atoms with Crippen LogP contribution in [0.3, 0.4) is 0 Å². The Morgan fingerprint density at radius 1 is 0.968 bits per heavy atom. The number of benzene rings is 1. The first-order chi connectivity index (χ1) is 15.1. The van der Waals surface area contributed by atoms with Gasteiger partial charge in [-0.1, -0.05) is 24.3 Å². The molecule has 2 saturated heterocycles. The predicted octanol–water partition coefficient (Wildman–Crippen LogP) is 1.66. The first-order valence-corrected chi connectivity index (χ1v) is 11.1. The summed E-state index contributed by atoms with van der Waals surface area (Å²) in [4.78, 5) is 43.5. The van der Waals surface area contributed by atoms with Crippen LogP contribution in [0.4, 0.5) is 0 Å². The number of likely N-dealkylation sites (tertiary alicyclic amines) is 1. The summed E-state index contributed by atoms with van der Waals surface area (Å²) in [6.45, 7) is 1.50. The van der Waals surface area contributed by atoms with E-state index < -0.39 is 23.9 Å². The molecule has 0 spiro atoms. The van der Waals surface area contributed by atoms with Crippen molar-refractivity contribution in [1.29, 1.82) is 0 Å². The third kappa shape index (κ3) is 3.19. The van der Waals surface area contributed by atoms with Gasteiger partial charge in [-0.25, -0.2) is 0 Å². The molecule has 0 aliphatic carbocycles. The van der Waals surface area contributed by atoms with E-state index in [4.69, 9.17) is 0 Å². The number of amides is 2. The van der Waals surface area contributed by atoms with Crippen LogP contribution < -0.4 is 5.56 Å². The fourth-order valence-electron chi connectivity index (χ4n) is 5.67. The number of aliphatic hydroxyl groups excluding tert-OH is 1. The lowest BCUT2D eigenvalue weighted by Gasteiger charge is -2.38. The maximum atomic E-state index is 13.7. The Morgan fingerprint density at radius 3 is 2.42 bits per heavy atom. The van der Waals surface area contributed by atoms with Gasteiger partial charge in [0.05, 0.1) is 18.0 Å². The molecule has 3 aliphatic rings. The second kappa shape index (κ2) is 7.96. The third-order valence-electron chi connectivity index (χ3n) is 7.13. The van der Waals surface area contributed by atoms with Crippen molar-refractivity contribution in [2.75, 3.05) is 19.7 Å². The van der Waals surface area contributed by atoms with Crippen LogP contribution in [-0.2, 0) is 11.3 Å². The van der Waals surface area contributed by atoms with Gasteiger partial charge in [0.2, 0.25) is 5.91 Å². The molecule has 31 heavy (non-hydrogen) atoms. The second-order valence-corrected chi connectivity index (χ2v) is 8.75. The monoisotopic (exact) mass is 421 g/mol. The highest BCUT2D eigenvalue weighted by atomic mass is 16.3. The van der Waals surface area contributed by atoms with Gasteiger partial charge in [-0.2, -0.15) is 0 Å². The van der Waals surface area contributed by atoms with E-state index >= 15 is 0 Å². The Balaban J connectivity index is 1.62. The normalized spacial score (nSPS) is 27.1. The maximum Gasteiger partial charge on any atom is 0.254 e. The predicted molar refractivity (Wildman–Crippen MR) is 114 cm³/mol. The topological polar surface area (TPSA) is 82.8 Å². The number of carbonyl (C=O) groups excluding carboxylic acids is 2. The quantitative estimate of drug-likeness (QED) is 0.817. The molecule has 7 heteroatoms. The molecule has 0 unspecified atom stereocenters. The van der Waals surface area contributed by atoms with Gasteiger partial charge in [-0.15, -0.1) is 0 Å². The molecule has 0 saturated carbocycles. The Labute approximate surface area is 180 Å². The third-order valence-corrected chi connectivity index (χ3v) is 7.13. The summed E-state index contributed by atoms with van der Waals surface area (Å²) in [7, 11) is 0. The summed E-state index contributed by atoms with van der Waals surface area (Å²) in [5.74, 6) is -1.14. The van der Waals surface area contributed by atoms with Crippen molar-refractivity contribution in [3.63, 3.8) is 0 Å². The minimum Gasteiger partial charge on any atom is -0.396 e. The number of nitrogens with zero attached hydrogens (tertiary/aromatic N) is 3. The smallest absolute Gasteiger partial charge is 0.254 e. The number of aromatic nitrogens is 1. The Hall–Kier alpha value is -2.93. The van der Waals surface area contributed by atoms with E-state index in [1.54, 1.807) is 27.7 Å². The zero-order valence-corrected chi connectivity index (χ0v) is 17.4. The molecule has 5 rings (SSSR count). The molecule has 0 radical (unpaired) electrons. The molecule has 1 aromatic carbocycles. The van der Waals surface area contributed by atoms with E-state index in [2.05, 4.69) is 0 Å². The summed E-state index contributed by atoms with van der Waals surface area (Å²) in [5.41, 5.74) is 1.09. The molecule has 3 aliphatic heterocycles. The van der Waals surface area contributed by atoms with Gasteiger partial charge in [-0.3, -0.25) is 14.4 Å². The average molecular weight is 421 g/mol. The summed E-state index contributed by atoms with van der Waals surface area (Å²) in [6.07, 6.45) is 3.05. The van der Waals surface area contributed by atoms with Crippen LogP contribution >= 0.6 is 0 Å². The number of fused-ring (bicyclic) bond motifs is 4. The molecule has 1 aromatic heterocycles. The van der Waals surface area contributed by atoms with Crippen LogP contribution in [-0.4, -0.2) is 57.0 Å². The van der Waals surface area contributed by atoms with Crippen LogP contribution in [0, 0.1) is 11.8 Å². The molecular formula is C24H27N3O4. The molecule has 2 aromatic rings. The number of pyridine rings is 1. The second-order valence-electron chi connectivity index (χ2n) is 8.75. The van der Waals surface area contributed by atoms with Crippen LogP contribution in [0.2, 0.25) is 0 Å².